The number of carbonyl (C=O) groups excluding carboxylic acids is 1. The number of thiophene rings is 1. The van der Waals surface area contributed by atoms with E-state index in [9.17, 15) is 9.90 Å². The first-order valence-electron chi connectivity index (χ1n) is 6.76. The second kappa shape index (κ2) is 6.66. The summed E-state index contributed by atoms with van der Waals surface area (Å²) in [4.78, 5) is 12.6. The van der Waals surface area contributed by atoms with Gasteiger partial charge in [0.2, 0.25) is 0 Å². The van der Waals surface area contributed by atoms with Crippen molar-refractivity contribution in [3.63, 3.8) is 0 Å². The van der Waals surface area contributed by atoms with Crippen molar-refractivity contribution in [1.29, 1.82) is 0 Å². The predicted octanol–water partition coefficient (Wildman–Crippen LogP) is 3.79. The van der Waals surface area contributed by atoms with Gasteiger partial charge >= 0.3 is 0 Å². The Balaban J connectivity index is 1.79. The van der Waals surface area contributed by atoms with Crippen molar-refractivity contribution in [2.24, 2.45) is 0 Å². The topological polar surface area (TPSA) is 67.8 Å². The molecule has 0 bridgehead atoms. The van der Waals surface area contributed by atoms with E-state index in [0.29, 0.717) is 28.1 Å². The molecule has 0 spiro atoms. The van der Waals surface area contributed by atoms with Gasteiger partial charge < -0.3 is 19.9 Å². The lowest BCUT2D eigenvalue weighted by molar-refractivity contribution is -0.183. The molecule has 22 heavy (non-hydrogen) atoms. The number of phenols is 1. The number of phenolic OH excluding ortho intramolecular Hbond substituents is 1. The van der Waals surface area contributed by atoms with E-state index in [1.54, 1.807) is 24.3 Å². The van der Waals surface area contributed by atoms with Gasteiger partial charge in [-0.05, 0) is 30.7 Å². The Hall–Kier alpha value is -1.60. The third-order valence-corrected chi connectivity index (χ3v) is 4.40. The van der Waals surface area contributed by atoms with Gasteiger partial charge in [-0.25, -0.2) is 0 Å². The molecule has 1 aliphatic heterocycles. The Kier molecular flexibility index (Phi) is 4.63. The van der Waals surface area contributed by atoms with Gasteiger partial charge in [0.15, 0.2) is 6.29 Å². The number of halogens is 1. The van der Waals surface area contributed by atoms with Crippen LogP contribution in [0, 0.1) is 0 Å². The van der Waals surface area contributed by atoms with Crippen molar-refractivity contribution >= 4 is 34.5 Å². The number of carbonyl (C=O) groups is 1. The van der Waals surface area contributed by atoms with Crippen molar-refractivity contribution in [3.8, 4) is 5.75 Å². The molecule has 2 aromatic rings. The number of nitrogens with one attached hydrogen (secondary N) is 1. The van der Waals surface area contributed by atoms with Gasteiger partial charge in [0.25, 0.3) is 5.91 Å². The van der Waals surface area contributed by atoms with Crippen molar-refractivity contribution in [2.75, 3.05) is 18.5 Å². The normalized spacial score (nSPS) is 15.7. The fraction of sp³-hybridized carbons (Fsp3) is 0.267. The maximum absolute atomic E-state index is 12.1. The van der Waals surface area contributed by atoms with Crippen molar-refractivity contribution in [1.82, 2.24) is 0 Å². The number of aromatic hydroxyl groups is 1. The average molecular weight is 340 g/mol. The fourth-order valence-corrected chi connectivity index (χ4v) is 3.04. The zero-order valence-electron chi connectivity index (χ0n) is 11.5. The highest BCUT2D eigenvalue weighted by Crippen LogP contribution is 2.31. The molecule has 1 saturated heterocycles. The van der Waals surface area contributed by atoms with Crippen LogP contribution in [-0.4, -0.2) is 24.2 Å². The first kappa shape index (κ1) is 15.3. The molecule has 1 amide bonds. The van der Waals surface area contributed by atoms with Gasteiger partial charge in [0, 0.05) is 5.56 Å². The Bertz CT molecular complexity index is 682. The van der Waals surface area contributed by atoms with Gasteiger partial charge in [-0.3, -0.25) is 4.79 Å². The van der Waals surface area contributed by atoms with Gasteiger partial charge in [0.1, 0.15) is 5.75 Å². The molecule has 5 nitrogen and oxygen atoms in total. The van der Waals surface area contributed by atoms with E-state index in [-0.39, 0.29) is 11.7 Å². The molecule has 0 atom stereocenters. The minimum absolute atomic E-state index is 0.0180. The Morgan fingerprint density at radius 1 is 1.27 bits per heavy atom. The highest BCUT2D eigenvalue weighted by molar-refractivity contribution is 7.18. The third kappa shape index (κ3) is 3.41. The first-order valence-corrected chi connectivity index (χ1v) is 7.96. The predicted molar refractivity (Wildman–Crippen MR) is 84.7 cm³/mol. The number of amides is 1. The molecule has 7 heteroatoms. The molecule has 1 fully saturated rings. The van der Waals surface area contributed by atoms with E-state index < -0.39 is 6.29 Å². The van der Waals surface area contributed by atoms with Crippen LogP contribution in [0.4, 0.5) is 5.69 Å². The number of benzene rings is 1. The van der Waals surface area contributed by atoms with Crippen molar-refractivity contribution < 1.29 is 19.4 Å². The molecule has 1 aromatic heterocycles. The summed E-state index contributed by atoms with van der Waals surface area (Å²) in [5.74, 6) is -0.342. The lowest BCUT2D eigenvalue weighted by atomic mass is 10.1. The average Bonchev–Trinajstić information content (AvgIpc) is 2.97. The van der Waals surface area contributed by atoms with Gasteiger partial charge in [-0.15, -0.1) is 11.3 Å². The van der Waals surface area contributed by atoms with Crippen LogP contribution in [0.1, 0.15) is 27.9 Å². The number of rotatable bonds is 3. The lowest BCUT2D eigenvalue weighted by Crippen LogP contribution is -2.18. The Morgan fingerprint density at radius 2 is 2.05 bits per heavy atom. The fourth-order valence-electron chi connectivity index (χ4n) is 2.10. The zero-order valence-corrected chi connectivity index (χ0v) is 13.1. The van der Waals surface area contributed by atoms with Crippen LogP contribution in [0.25, 0.3) is 0 Å². The van der Waals surface area contributed by atoms with E-state index in [2.05, 4.69) is 5.32 Å². The monoisotopic (exact) mass is 339 g/mol. The molecule has 1 aromatic carbocycles. The number of hydrogen-bond acceptors (Lipinski definition) is 5. The largest absolute Gasteiger partial charge is 0.506 e. The van der Waals surface area contributed by atoms with Crippen LogP contribution in [-0.2, 0) is 9.47 Å². The maximum atomic E-state index is 12.1. The second-order valence-corrected chi connectivity index (χ2v) is 6.48. The summed E-state index contributed by atoms with van der Waals surface area (Å²) < 4.78 is 11.6. The first-order chi connectivity index (χ1) is 10.6. The van der Waals surface area contributed by atoms with Crippen LogP contribution in [0.15, 0.2) is 30.3 Å². The third-order valence-electron chi connectivity index (χ3n) is 3.17. The smallest absolute Gasteiger partial charge is 0.265 e. The Morgan fingerprint density at radius 3 is 2.73 bits per heavy atom. The number of hydrogen-bond donors (Lipinski definition) is 2. The molecule has 1 aliphatic rings. The lowest BCUT2D eigenvalue weighted by Gasteiger charge is -2.24. The molecule has 0 radical (unpaired) electrons. The molecule has 3 rings (SSSR count). The molecule has 0 saturated carbocycles. The van der Waals surface area contributed by atoms with Crippen LogP contribution in [0.3, 0.4) is 0 Å². The van der Waals surface area contributed by atoms with E-state index in [4.69, 9.17) is 21.1 Å². The Labute approximate surface area is 136 Å². The van der Waals surface area contributed by atoms with E-state index >= 15 is 0 Å². The van der Waals surface area contributed by atoms with Crippen LogP contribution < -0.4 is 5.32 Å². The van der Waals surface area contributed by atoms with E-state index in [1.807, 2.05) is 0 Å². The standard InChI is InChI=1S/C15H14ClNO4S/c16-13-5-4-12(22-13)14(19)17-10-8-9(2-3-11(10)18)15-20-6-1-7-21-15/h2-5,8,15,18H,1,6-7H2,(H,17,19). The number of ether oxygens (including phenoxy) is 2. The summed E-state index contributed by atoms with van der Waals surface area (Å²) in [5.41, 5.74) is 1.06. The minimum Gasteiger partial charge on any atom is -0.506 e. The van der Waals surface area contributed by atoms with Crippen LogP contribution >= 0.6 is 22.9 Å². The number of anilines is 1. The van der Waals surface area contributed by atoms with Crippen molar-refractivity contribution in [3.05, 3.63) is 45.1 Å². The highest BCUT2D eigenvalue weighted by atomic mass is 35.5. The van der Waals surface area contributed by atoms with Crippen LogP contribution in [0.2, 0.25) is 4.34 Å². The molecular weight excluding hydrogens is 326 g/mol. The molecule has 0 aliphatic carbocycles. The quantitative estimate of drug-likeness (QED) is 0.835. The summed E-state index contributed by atoms with van der Waals surface area (Å²) in [6, 6.07) is 8.16. The highest BCUT2D eigenvalue weighted by Gasteiger charge is 2.19. The van der Waals surface area contributed by atoms with Gasteiger partial charge in [0.05, 0.1) is 28.1 Å². The van der Waals surface area contributed by atoms with E-state index in [0.717, 1.165) is 12.0 Å². The summed E-state index contributed by atoms with van der Waals surface area (Å²) >= 11 is 7.00. The minimum atomic E-state index is -0.471. The van der Waals surface area contributed by atoms with Crippen LogP contribution in [0.5, 0.6) is 5.75 Å². The molecular formula is C15H14ClNO4S. The zero-order chi connectivity index (χ0) is 15.5. The molecule has 2 N–H and O–H groups in total. The van der Waals surface area contributed by atoms with Gasteiger partial charge in [-0.2, -0.15) is 0 Å². The van der Waals surface area contributed by atoms with E-state index in [1.165, 1.54) is 17.4 Å². The summed E-state index contributed by atoms with van der Waals surface area (Å²) in [6.45, 7) is 1.25. The molecule has 0 unspecified atom stereocenters. The van der Waals surface area contributed by atoms with Crippen molar-refractivity contribution in [2.45, 2.75) is 12.7 Å². The molecule has 2 heterocycles. The summed E-state index contributed by atoms with van der Waals surface area (Å²) in [7, 11) is 0. The summed E-state index contributed by atoms with van der Waals surface area (Å²) in [5, 5.41) is 12.6. The second-order valence-electron chi connectivity index (χ2n) is 4.76. The maximum Gasteiger partial charge on any atom is 0.265 e. The molecule has 116 valence electrons. The summed E-state index contributed by atoms with van der Waals surface area (Å²) in [6.07, 6.45) is 0.387. The SMILES string of the molecule is O=C(Nc1cc(C2OCCCO2)ccc1O)c1ccc(Cl)s1. The van der Waals surface area contributed by atoms with Gasteiger partial charge in [-0.1, -0.05) is 17.7 Å².